The van der Waals surface area contributed by atoms with E-state index in [4.69, 9.17) is 5.11 Å². The number of aliphatic imine (C=N–C) groups is 1. The number of amides is 2. The number of nitrogens with one attached hydrogen (secondary N) is 1. The summed E-state index contributed by atoms with van der Waals surface area (Å²) in [4.78, 5) is 42.3. The fourth-order valence-corrected chi connectivity index (χ4v) is 3.58. The minimum absolute atomic E-state index is 0.145. The van der Waals surface area contributed by atoms with E-state index < -0.39 is 12.1 Å². The number of hydrogen-bond donors (Lipinski definition) is 2. The fraction of sp³-hybridized carbons (Fsp3) is 0.333. The van der Waals surface area contributed by atoms with Crippen LogP contribution in [0.3, 0.4) is 0 Å². The van der Waals surface area contributed by atoms with Crippen molar-refractivity contribution in [1.82, 2.24) is 5.32 Å². The number of carbonyl (C=O) groups is 3. The molecule has 2 amide bonds. The van der Waals surface area contributed by atoms with Gasteiger partial charge in [0.25, 0.3) is 5.91 Å². The van der Waals surface area contributed by atoms with Gasteiger partial charge in [0.05, 0.1) is 11.4 Å². The lowest BCUT2D eigenvalue weighted by Crippen LogP contribution is -2.46. The Labute approximate surface area is 181 Å². The Hall–Kier alpha value is -3.48. The minimum atomic E-state index is -1.01. The molecular formula is C24H27N3O4. The summed E-state index contributed by atoms with van der Waals surface area (Å²) < 4.78 is 0. The summed E-state index contributed by atoms with van der Waals surface area (Å²) in [6, 6.07) is 17.2. The molecule has 1 aliphatic rings. The summed E-state index contributed by atoms with van der Waals surface area (Å²) in [6.45, 7) is 0. The largest absolute Gasteiger partial charge is 0.481 e. The van der Waals surface area contributed by atoms with Crippen LogP contribution in [0.1, 0.15) is 49.7 Å². The lowest BCUT2D eigenvalue weighted by Gasteiger charge is -2.20. The molecule has 0 saturated heterocycles. The smallest absolute Gasteiger partial charge is 0.303 e. The average Bonchev–Trinajstić information content (AvgIpc) is 2.87. The molecule has 0 spiro atoms. The van der Waals surface area contributed by atoms with Crippen LogP contribution in [0.2, 0.25) is 0 Å². The maximum atomic E-state index is 13.0. The van der Waals surface area contributed by atoms with Crippen LogP contribution in [-0.2, 0) is 14.4 Å². The predicted octanol–water partition coefficient (Wildman–Crippen LogP) is 3.37. The van der Waals surface area contributed by atoms with Crippen LogP contribution in [0.5, 0.6) is 0 Å². The van der Waals surface area contributed by atoms with Gasteiger partial charge in [0.1, 0.15) is 0 Å². The van der Waals surface area contributed by atoms with Crippen LogP contribution in [-0.4, -0.2) is 41.8 Å². The van der Waals surface area contributed by atoms with Crippen LogP contribution >= 0.6 is 0 Å². The number of likely N-dealkylation sites (N-methyl/N-ethyl adjacent to an activating group) is 1. The average molecular weight is 421 g/mol. The molecule has 3 rings (SSSR count). The Bertz CT molecular complexity index is 972. The molecule has 0 aliphatic carbocycles. The van der Waals surface area contributed by atoms with Gasteiger partial charge < -0.3 is 15.3 Å². The fourth-order valence-electron chi connectivity index (χ4n) is 3.58. The van der Waals surface area contributed by atoms with Gasteiger partial charge in [-0.2, -0.15) is 0 Å². The zero-order chi connectivity index (χ0) is 22.2. The number of unbranched alkanes of at least 4 members (excludes halogenated alkanes) is 3. The summed E-state index contributed by atoms with van der Waals surface area (Å²) in [7, 11) is 1.69. The molecular weight excluding hydrogens is 394 g/mol. The van der Waals surface area contributed by atoms with Crippen molar-refractivity contribution in [3.05, 3.63) is 65.7 Å². The molecule has 0 saturated carbocycles. The number of benzodiazepines with no additional fused rings is 1. The van der Waals surface area contributed by atoms with E-state index in [2.05, 4.69) is 10.3 Å². The number of benzene rings is 2. The van der Waals surface area contributed by atoms with Crippen molar-refractivity contribution in [2.75, 3.05) is 11.9 Å². The molecule has 2 aromatic rings. The van der Waals surface area contributed by atoms with Gasteiger partial charge in [0.15, 0.2) is 0 Å². The molecule has 2 N–H and O–H groups in total. The Morgan fingerprint density at radius 3 is 2.32 bits per heavy atom. The second-order valence-corrected chi connectivity index (χ2v) is 7.54. The van der Waals surface area contributed by atoms with Crippen molar-refractivity contribution in [2.24, 2.45) is 4.99 Å². The molecule has 0 unspecified atom stereocenters. The van der Waals surface area contributed by atoms with E-state index >= 15 is 0 Å². The van der Waals surface area contributed by atoms with Crippen LogP contribution in [0.4, 0.5) is 5.69 Å². The van der Waals surface area contributed by atoms with E-state index in [1.54, 1.807) is 7.05 Å². The second kappa shape index (κ2) is 10.5. The summed E-state index contributed by atoms with van der Waals surface area (Å²) in [5.41, 5.74) is 3.11. The normalized spacial score (nSPS) is 15.6. The maximum absolute atomic E-state index is 13.0. The first kappa shape index (κ1) is 22.2. The van der Waals surface area contributed by atoms with Gasteiger partial charge >= 0.3 is 5.97 Å². The van der Waals surface area contributed by atoms with Crippen LogP contribution in [0.25, 0.3) is 0 Å². The predicted molar refractivity (Wildman–Crippen MR) is 119 cm³/mol. The SMILES string of the molecule is CN1C(=O)[C@H](NC(=O)CCCCCCC(=O)O)N=C(c2ccccc2)c2ccccc21. The molecule has 1 aliphatic heterocycles. The van der Waals surface area contributed by atoms with Gasteiger partial charge in [-0.1, -0.05) is 61.4 Å². The molecule has 1 heterocycles. The second-order valence-electron chi connectivity index (χ2n) is 7.54. The van der Waals surface area contributed by atoms with Crippen molar-refractivity contribution in [2.45, 2.75) is 44.7 Å². The number of aliphatic carboxylic acids is 1. The Morgan fingerprint density at radius 2 is 1.61 bits per heavy atom. The number of carbonyl (C=O) groups excluding carboxylic acids is 2. The topological polar surface area (TPSA) is 99.1 Å². The minimum Gasteiger partial charge on any atom is -0.481 e. The van der Waals surface area contributed by atoms with E-state index in [9.17, 15) is 14.4 Å². The van der Waals surface area contributed by atoms with Crippen molar-refractivity contribution >= 4 is 29.2 Å². The number of hydrogen-bond acceptors (Lipinski definition) is 4. The molecule has 0 radical (unpaired) electrons. The highest BCUT2D eigenvalue weighted by molar-refractivity contribution is 6.20. The third-order valence-electron chi connectivity index (χ3n) is 5.23. The molecule has 1 atom stereocenters. The number of carboxylic acid groups (broad SMARTS) is 1. The zero-order valence-electron chi connectivity index (χ0n) is 17.6. The highest BCUT2D eigenvalue weighted by atomic mass is 16.4. The first-order chi connectivity index (χ1) is 15.0. The highest BCUT2D eigenvalue weighted by Gasteiger charge is 2.30. The summed E-state index contributed by atoms with van der Waals surface area (Å²) in [5, 5.41) is 11.4. The van der Waals surface area contributed by atoms with E-state index in [1.165, 1.54) is 4.90 Å². The molecule has 2 aromatic carbocycles. The van der Waals surface area contributed by atoms with Gasteiger partial charge in [0.2, 0.25) is 12.1 Å². The van der Waals surface area contributed by atoms with Crippen molar-refractivity contribution in [3.63, 3.8) is 0 Å². The van der Waals surface area contributed by atoms with Crippen LogP contribution < -0.4 is 10.2 Å². The molecule has 0 fully saturated rings. The third-order valence-corrected chi connectivity index (χ3v) is 5.23. The Kier molecular flexibility index (Phi) is 7.54. The standard InChI is InChI=1S/C24H27N3O4/c1-27-19-14-10-9-13-18(19)22(17-11-5-4-6-12-17)26-23(24(27)31)25-20(28)15-7-2-3-8-16-21(29)30/h4-6,9-14,23H,2-3,7-8,15-16H2,1H3,(H,25,28)(H,29,30)/t23-/m1/s1. The van der Waals surface area contributed by atoms with E-state index in [1.807, 2.05) is 54.6 Å². The summed E-state index contributed by atoms with van der Waals surface area (Å²) in [5.74, 6) is -1.35. The zero-order valence-corrected chi connectivity index (χ0v) is 17.6. The van der Waals surface area contributed by atoms with Gasteiger partial charge in [-0.15, -0.1) is 0 Å². The maximum Gasteiger partial charge on any atom is 0.303 e. The highest BCUT2D eigenvalue weighted by Crippen LogP contribution is 2.27. The molecule has 31 heavy (non-hydrogen) atoms. The van der Waals surface area contributed by atoms with E-state index in [-0.39, 0.29) is 24.7 Å². The molecule has 0 bridgehead atoms. The molecule has 7 nitrogen and oxygen atoms in total. The van der Waals surface area contributed by atoms with Gasteiger partial charge in [-0.25, -0.2) is 4.99 Å². The van der Waals surface area contributed by atoms with E-state index in [0.29, 0.717) is 18.6 Å². The number of para-hydroxylation sites is 1. The molecule has 7 heteroatoms. The number of rotatable bonds is 9. The quantitative estimate of drug-likeness (QED) is 0.607. The van der Waals surface area contributed by atoms with Gasteiger partial charge in [-0.05, 0) is 18.9 Å². The van der Waals surface area contributed by atoms with Crippen molar-refractivity contribution < 1.29 is 19.5 Å². The van der Waals surface area contributed by atoms with Gasteiger partial charge in [0, 0.05) is 31.0 Å². The third kappa shape index (κ3) is 5.78. The lowest BCUT2D eigenvalue weighted by molar-refractivity contribution is -0.137. The van der Waals surface area contributed by atoms with Gasteiger partial charge in [-0.3, -0.25) is 14.4 Å². The monoisotopic (exact) mass is 421 g/mol. The molecule has 162 valence electrons. The number of carboxylic acids is 1. The van der Waals surface area contributed by atoms with Crippen molar-refractivity contribution in [3.8, 4) is 0 Å². The molecule has 0 aromatic heterocycles. The van der Waals surface area contributed by atoms with Crippen LogP contribution in [0, 0.1) is 0 Å². The first-order valence-corrected chi connectivity index (χ1v) is 10.5. The number of nitrogens with zero attached hydrogens (tertiary/aromatic N) is 2. The first-order valence-electron chi connectivity index (χ1n) is 10.5. The Morgan fingerprint density at radius 1 is 0.968 bits per heavy atom. The number of fused-ring (bicyclic) bond motifs is 1. The number of anilines is 1. The summed E-state index contributed by atoms with van der Waals surface area (Å²) >= 11 is 0. The van der Waals surface area contributed by atoms with E-state index in [0.717, 1.165) is 29.7 Å². The summed E-state index contributed by atoms with van der Waals surface area (Å²) in [6.07, 6.45) is 2.17. The Balaban J connectivity index is 1.73. The van der Waals surface area contributed by atoms with Crippen LogP contribution in [0.15, 0.2) is 59.6 Å². The lowest BCUT2D eigenvalue weighted by atomic mass is 10.0. The van der Waals surface area contributed by atoms with Crippen molar-refractivity contribution in [1.29, 1.82) is 0 Å².